The minimum absolute atomic E-state index is 0.0915. The zero-order valence-corrected chi connectivity index (χ0v) is 25.1. The molecule has 0 saturated carbocycles. The van der Waals surface area contributed by atoms with Crippen LogP contribution in [0.2, 0.25) is 0 Å². The maximum absolute atomic E-state index is 14.3. The Morgan fingerprint density at radius 3 is 2.18 bits per heavy atom. The van der Waals surface area contributed by atoms with Crippen molar-refractivity contribution < 1.29 is 18.7 Å². The van der Waals surface area contributed by atoms with Gasteiger partial charge in [-0.2, -0.15) is 5.10 Å². The van der Waals surface area contributed by atoms with Gasteiger partial charge in [0.2, 0.25) is 0 Å². The van der Waals surface area contributed by atoms with Crippen LogP contribution in [0.5, 0.6) is 5.75 Å². The van der Waals surface area contributed by atoms with Crippen LogP contribution in [0.4, 0.5) is 4.39 Å². The fourth-order valence-corrected chi connectivity index (χ4v) is 5.44. The Hall–Kier alpha value is -5.31. The zero-order valence-electron chi connectivity index (χ0n) is 25.1. The molecular weight excluding hydrogens is 569 g/mol. The minimum atomic E-state index is -0.382. The molecule has 9 heteroatoms. The Balaban J connectivity index is 1.54. The molecule has 3 aromatic carbocycles. The molecule has 1 aliphatic rings. The quantitative estimate of drug-likeness (QED) is 0.133. The molecule has 0 unspecified atom stereocenters. The summed E-state index contributed by atoms with van der Waals surface area (Å²) in [6, 6.07) is 29.5. The highest BCUT2D eigenvalue weighted by Crippen LogP contribution is 2.30. The molecule has 1 aliphatic heterocycles. The van der Waals surface area contributed by atoms with Gasteiger partial charge in [-0.25, -0.2) is 4.39 Å². The van der Waals surface area contributed by atoms with E-state index in [1.807, 2.05) is 71.7 Å². The molecule has 5 aromatic rings. The van der Waals surface area contributed by atoms with Crippen molar-refractivity contribution in [3.8, 4) is 5.75 Å². The molecule has 0 bridgehead atoms. The van der Waals surface area contributed by atoms with Crippen LogP contribution in [-0.2, 0) is 19.6 Å². The number of fused-ring (bicyclic) bond motifs is 2. The third kappa shape index (κ3) is 6.62. The summed E-state index contributed by atoms with van der Waals surface area (Å²) in [5.41, 5.74) is 3.68. The van der Waals surface area contributed by atoms with Crippen molar-refractivity contribution in [2.45, 2.75) is 39.4 Å². The zero-order chi connectivity index (χ0) is 31.2. The third-order valence-corrected chi connectivity index (χ3v) is 7.66. The van der Waals surface area contributed by atoms with Crippen LogP contribution in [-0.4, -0.2) is 44.4 Å². The second-order valence-electron chi connectivity index (χ2n) is 11.0. The van der Waals surface area contributed by atoms with Gasteiger partial charge in [-0.1, -0.05) is 86.1 Å². The fraction of sp³-hybridized carbons (Fsp3) is 0.222. The topological polar surface area (TPSA) is 80.0 Å². The van der Waals surface area contributed by atoms with Crippen molar-refractivity contribution in [3.63, 3.8) is 0 Å². The Bertz CT molecular complexity index is 1830. The van der Waals surface area contributed by atoms with Crippen LogP contribution in [0.1, 0.15) is 51.7 Å². The van der Waals surface area contributed by atoms with Gasteiger partial charge in [0.15, 0.2) is 16.9 Å². The van der Waals surface area contributed by atoms with Crippen molar-refractivity contribution in [3.05, 3.63) is 137 Å². The van der Waals surface area contributed by atoms with Gasteiger partial charge in [0.1, 0.15) is 17.9 Å². The summed E-state index contributed by atoms with van der Waals surface area (Å²) in [6.45, 7) is 3.33. The highest BCUT2D eigenvalue weighted by atomic mass is 19.1. The lowest BCUT2D eigenvalue weighted by Gasteiger charge is -2.31. The van der Waals surface area contributed by atoms with Crippen molar-refractivity contribution >= 4 is 22.7 Å². The highest BCUT2D eigenvalue weighted by Gasteiger charge is 2.36. The van der Waals surface area contributed by atoms with Crippen LogP contribution in [0.15, 0.2) is 108 Å². The van der Waals surface area contributed by atoms with E-state index in [4.69, 9.17) is 9.84 Å². The molecule has 0 radical (unpaired) electrons. The van der Waals surface area contributed by atoms with Gasteiger partial charge < -0.3 is 9.64 Å². The number of ether oxygens (including phenoxy) is 1. The van der Waals surface area contributed by atoms with Gasteiger partial charge in [0, 0.05) is 18.1 Å². The van der Waals surface area contributed by atoms with Gasteiger partial charge in [-0.15, -0.1) is 0 Å². The summed E-state index contributed by atoms with van der Waals surface area (Å²) in [5.74, 6) is -0.812. The summed E-state index contributed by atoms with van der Waals surface area (Å²) >= 11 is 0. The molecular formula is C36H34FN5O3. The number of hydrogen-bond donors (Lipinski definition) is 0. The Morgan fingerprint density at radius 1 is 0.867 bits per heavy atom. The molecule has 6 rings (SSSR count). The lowest BCUT2D eigenvalue weighted by molar-refractivity contribution is 0.0594. The van der Waals surface area contributed by atoms with Crippen LogP contribution in [0.3, 0.4) is 0 Å². The number of carbonyl (C=O) groups is 2. The van der Waals surface area contributed by atoms with Gasteiger partial charge in [0.25, 0.3) is 11.8 Å². The standard InChI is InChI=1S/C36H34FN5O3/c1-2-3-21-45-34-32-30(15-10-20-38-32)35(39-41(23-26-11-6-4-7-12-26)24-27-13-8-5-9-14-27)42-31(43)25-40(36(44)33(34)42)22-28-16-18-29(37)19-17-28/h4-20H,2-3,21-25H2,1H3/b39-35-. The summed E-state index contributed by atoms with van der Waals surface area (Å²) in [5, 5.41) is 7.61. The van der Waals surface area contributed by atoms with Gasteiger partial charge >= 0.3 is 0 Å². The molecule has 0 N–H and O–H groups in total. The average molecular weight is 604 g/mol. The van der Waals surface area contributed by atoms with Crippen molar-refractivity contribution in [1.82, 2.24) is 19.5 Å². The molecule has 0 spiro atoms. The lowest BCUT2D eigenvalue weighted by atomic mass is 10.1. The minimum Gasteiger partial charge on any atom is -0.489 e. The number of carbonyl (C=O) groups excluding carboxylic acids is 2. The summed E-state index contributed by atoms with van der Waals surface area (Å²) in [7, 11) is 0. The largest absolute Gasteiger partial charge is 0.489 e. The number of rotatable bonds is 11. The lowest BCUT2D eigenvalue weighted by Crippen LogP contribution is -2.49. The number of halogens is 1. The van der Waals surface area contributed by atoms with Crippen LogP contribution < -0.4 is 10.2 Å². The first kappa shape index (κ1) is 29.7. The molecule has 0 saturated heterocycles. The first-order valence-electron chi connectivity index (χ1n) is 15.1. The van der Waals surface area contributed by atoms with Gasteiger partial charge in [-0.05, 0) is 47.4 Å². The Morgan fingerprint density at radius 2 is 1.53 bits per heavy atom. The third-order valence-electron chi connectivity index (χ3n) is 7.66. The van der Waals surface area contributed by atoms with E-state index in [2.05, 4.69) is 11.9 Å². The molecule has 2 aromatic heterocycles. The number of pyridine rings is 2. The molecule has 0 atom stereocenters. The molecule has 3 heterocycles. The Labute approximate surface area is 261 Å². The number of benzene rings is 3. The second-order valence-corrected chi connectivity index (χ2v) is 11.0. The predicted molar refractivity (Wildman–Crippen MR) is 170 cm³/mol. The van der Waals surface area contributed by atoms with Crippen molar-refractivity contribution in [2.24, 2.45) is 5.10 Å². The van der Waals surface area contributed by atoms with E-state index >= 15 is 0 Å². The molecule has 0 fully saturated rings. The van der Waals surface area contributed by atoms with E-state index < -0.39 is 0 Å². The predicted octanol–water partition coefficient (Wildman–Crippen LogP) is 6.17. The first-order valence-corrected chi connectivity index (χ1v) is 15.1. The van der Waals surface area contributed by atoms with Crippen LogP contribution >= 0.6 is 0 Å². The highest BCUT2D eigenvalue weighted by molar-refractivity contribution is 6.08. The van der Waals surface area contributed by atoms with Gasteiger partial charge in [0.05, 0.1) is 19.7 Å². The van der Waals surface area contributed by atoms with E-state index in [0.29, 0.717) is 41.7 Å². The summed E-state index contributed by atoms with van der Waals surface area (Å²) < 4.78 is 21.3. The Kier molecular flexibility index (Phi) is 8.96. The van der Waals surface area contributed by atoms with Gasteiger partial charge in [-0.3, -0.25) is 24.1 Å². The van der Waals surface area contributed by atoms with Crippen molar-refractivity contribution in [1.29, 1.82) is 0 Å². The molecule has 228 valence electrons. The SMILES string of the molecule is CCCCOc1c2n(/c(=N\N(Cc3ccccc3)Cc3ccccc3)c3cccnc13)C(=O)CN(Cc1ccc(F)cc1)C2=O. The summed E-state index contributed by atoms with van der Waals surface area (Å²) in [4.78, 5) is 34.5. The average Bonchev–Trinajstić information content (AvgIpc) is 3.06. The number of nitrogens with zero attached hydrogens (tertiary/aromatic N) is 5. The number of aromatic nitrogens is 2. The van der Waals surface area contributed by atoms with Crippen molar-refractivity contribution in [2.75, 3.05) is 13.2 Å². The fourth-order valence-electron chi connectivity index (χ4n) is 5.44. The second kappa shape index (κ2) is 13.5. The molecule has 0 aliphatic carbocycles. The van der Waals surface area contributed by atoms with E-state index in [1.165, 1.54) is 21.6 Å². The summed E-state index contributed by atoms with van der Waals surface area (Å²) in [6.07, 6.45) is 3.31. The van der Waals surface area contributed by atoms with E-state index in [0.717, 1.165) is 24.0 Å². The van der Waals surface area contributed by atoms with Crippen LogP contribution in [0.25, 0.3) is 10.9 Å². The first-order chi connectivity index (χ1) is 22.0. The van der Waals surface area contributed by atoms with E-state index in [1.54, 1.807) is 24.4 Å². The normalized spacial score (nSPS) is 13.3. The number of unbranched alkanes of at least 4 members (excludes halogenated alkanes) is 1. The molecule has 1 amide bonds. The monoisotopic (exact) mass is 603 g/mol. The van der Waals surface area contributed by atoms with E-state index in [-0.39, 0.29) is 42.2 Å². The smallest absolute Gasteiger partial charge is 0.275 e. The maximum atomic E-state index is 14.3. The van der Waals surface area contributed by atoms with Crippen LogP contribution in [0, 0.1) is 5.82 Å². The number of hydrogen-bond acceptors (Lipinski definition) is 6. The molecule has 8 nitrogen and oxygen atoms in total. The maximum Gasteiger partial charge on any atom is 0.275 e. The number of amides is 1. The molecule has 45 heavy (non-hydrogen) atoms. The van der Waals surface area contributed by atoms with E-state index in [9.17, 15) is 14.0 Å².